The molecular formula is C34H24F3N3O5S2. The number of alkyl halides is 3. The van der Waals surface area contributed by atoms with E-state index in [1.807, 2.05) is 36.4 Å². The van der Waals surface area contributed by atoms with Crippen LogP contribution in [-0.4, -0.2) is 34.6 Å². The molecule has 13 heteroatoms. The van der Waals surface area contributed by atoms with E-state index < -0.39 is 51.4 Å². The second-order valence-electron chi connectivity index (χ2n) is 11.1. The number of hydrogen-bond donors (Lipinski definition) is 1. The first-order valence-corrected chi connectivity index (χ1v) is 16.1. The quantitative estimate of drug-likeness (QED) is 0.206. The van der Waals surface area contributed by atoms with Crippen LogP contribution in [0.15, 0.2) is 101 Å². The molecule has 2 unspecified atom stereocenters. The van der Waals surface area contributed by atoms with Crippen molar-refractivity contribution >= 4 is 63.0 Å². The third kappa shape index (κ3) is 5.38. The SMILES string of the molecule is COc1ccc([C@H]2c3sc(=O)n(CC(=O)Nc4cccc5ccccc45)c3SC3C(=O)N(c4cccc(C(F)(F)F)c4)C(=O)C32)cc1. The van der Waals surface area contributed by atoms with E-state index in [-0.39, 0.29) is 12.2 Å². The fraction of sp³-hybridized carbons (Fsp3) is 0.176. The van der Waals surface area contributed by atoms with Crippen LogP contribution >= 0.6 is 23.1 Å². The molecule has 0 bridgehead atoms. The van der Waals surface area contributed by atoms with Gasteiger partial charge in [-0.1, -0.05) is 77.7 Å². The van der Waals surface area contributed by atoms with Gasteiger partial charge in [0, 0.05) is 21.9 Å². The van der Waals surface area contributed by atoms with E-state index in [0.29, 0.717) is 26.9 Å². The molecule has 8 nitrogen and oxygen atoms in total. The standard InChI is InChI=1S/C34H24F3N3O5S2/c1-45-22-14-12-19(13-15-22)26-27-28(31(43)40(30(27)42)21-9-5-8-20(16-21)34(35,36)37)46-32-29(26)47-33(44)39(32)17-25(41)38-24-11-4-7-18-6-2-3-10-23(18)24/h2-16,26-28H,17H2,1H3,(H,38,41)/t26-,27?,28?/m1/s1. The predicted octanol–water partition coefficient (Wildman–Crippen LogP) is 6.52. The van der Waals surface area contributed by atoms with Gasteiger partial charge in [-0.25, -0.2) is 4.90 Å². The summed E-state index contributed by atoms with van der Waals surface area (Å²) >= 11 is 1.87. The Kier molecular flexibility index (Phi) is 7.68. The van der Waals surface area contributed by atoms with Crippen LogP contribution in [0.25, 0.3) is 10.8 Å². The molecule has 0 aliphatic carbocycles. The number of nitrogens with zero attached hydrogens (tertiary/aromatic N) is 2. The minimum absolute atomic E-state index is 0.187. The first kappa shape index (κ1) is 30.8. The second kappa shape index (κ2) is 11.7. The third-order valence-electron chi connectivity index (χ3n) is 8.32. The summed E-state index contributed by atoms with van der Waals surface area (Å²) < 4.78 is 47.3. The number of halogens is 3. The van der Waals surface area contributed by atoms with E-state index in [4.69, 9.17) is 4.74 Å². The summed E-state index contributed by atoms with van der Waals surface area (Å²) in [5, 5.41) is 3.94. The minimum atomic E-state index is -4.68. The second-order valence-corrected chi connectivity index (χ2v) is 13.2. The fourth-order valence-corrected chi connectivity index (χ4v) is 8.94. The molecule has 2 aliphatic rings. The van der Waals surface area contributed by atoms with Crippen LogP contribution in [0, 0.1) is 5.92 Å². The Morgan fingerprint density at radius 3 is 2.38 bits per heavy atom. The number of ether oxygens (including phenoxy) is 1. The van der Waals surface area contributed by atoms with Gasteiger partial charge in [0.25, 0.3) is 0 Å². The van der Waals surface area contributed by atoms with Crippen molar-refractivity contribution in [3.63, 3.8) is 0 Å². The van der Waals surface area contributed by atoms with Gasteiger partial charge in [-0.15, -0.1) is 0 Å². The molecule has 0 spiro atoms. The maximum atomic E-state index is 14.0. The summed E-state index contributed by atoms with van der Waals surface area (Å²) in [6.45, 7) is -0.354. The molecule has 3 atom stereocenters. The highest BCUT2D eigenvalue weighted by Gasteiger charge is 2.57. The third-order valence-corrected chi connectivity index (χ3v) is 10.9. The van der Waals surface area contributed by atoms with E-state index >= 15 is 0 Å². The topological polar surface area (TPSA) is 97.7 Å². The number of imide groups is 1. The zero-order valence-electron chi connectivity index (χ0n) is 24.5. The van der Waals surface area contributed by atoms with Gasteiger partial charge in [-0.2, -0.15) is 13.2 Å². The molecule has 5 aromatic rings. The predicted molar refractivity (Wildman–Crippen MR) is 173 cm³/mol. The largest absolute Gasteiger partial charge is 0.497 e. The van der Waals surface area contributed by atoms with E-state index in [1.54, 1.807) is 30.3 Å². The van der Waals surface area contributed by atoms with Crippen molar-refractivity contribution in [1.29, 1.82) is 0 Å². The van der Waals surface area contributed by atoms with Crippen LogP contribution in [-0.2, 0) is 27.1 Å². The summed E-state index contributed by atoms with van der Waals surface area (Å²) in [5.74, 6) is -3.08. The minimum Gasteiger partial charge on any atom is -0.497 e. The van der Waals surface area contributed by atoms with Gasteiger partial charge >= 0.3 is 11.0 Å². The lowest BCUT2D eigenvalue weighted by Crippen LogP contribution is -2.33. The zero-order valence-corrected chi connectivity index (χ0v) is 26.1. The van der Waals surface area contributed by atoms with Crippen molar-refractivity contribution in [2.24, 2.45) is 5.92 Å². The molecule has 238 valence electrons. The first-order chi connectivity index (χ1) is 22.5. The van der Waals surface area contributed by atoms with Crippen LogP contribution in [0.3, 0.4) is 0 Å². The number of hydrogen-bond acceptors (Lipinski definition) is 7. The molecule has 2 aliphatic heterocycles. The van der Waals surface area contributed by atoms with E-state index in [0.717, 1.165) is 57.0 Å². The number of thioether (sulfide) groups is 1. The number of carbonyl (C=O) groups is 3. The number of methoxy groups -OCH3 is 1. The Labute approximate surface area is 273 Å². The number of rotatable bonds is 6. The number of thiazole rings is 1. The molecule has 0 radical (unpaired) electrons. The number of nitrogens with one attached hydrogen (secondary N) is 1. The van der Waals surface area contributed by atoms with Crippen LogP contribution in [0.4, 0.5) is 24.5 Å². The van der Waals surface area contributed by atoms with E-state index in [2.05, 4.69) is 5.32 Å². The number of aromatic nitrogens is 1. The van der Waals surface area contributed by atoms with Gasteiger partial charge in [-0.3, -0.25) is 23.7 Å². The van der Waals surface area contributed by atoms with Gasteiger partial charge in [0.2, 0.25) is 17.7 Å². The zero-order chi connectivity index (χ0) is 33.0. The molecule has 0 saturated carbocycles. The summed E-state index contributed by atoms with van der Waals surface area (Å²) in [5.41, 5.74) is 0.00821. The fourth-order valence-electron chi connectivity index (χ4n) is 6.17. The maximum Gasteiger partial charge on any atom is 0.416 e. The first-order valence-electron chi connectivity index (χ1n) is 14.4. The maximum absolute atomic E-state index is 14.0. The van der Waals surface area contributed by atoms with Crippen LogP contribution in [0.5, 0.6) is 5.75 Å². The van der Waals surface area contributed by atoms with Crippen molar-refractivity contribution in [2.45, 2.75) is 28.9 Å². The monoisotopic (exact) mass is 675 g/mol. The highest BCUT2D eigenvalue weighted by molar-refractivity contribution is 8.00. The number of carbonyl (C=O) groups excluding carboxylic acids is 3. The average Bonchev–Trinajstić information content (AvgIpc) is 3.50. The van der Waals surface area contributed by atoms with E-state index in [9.17, 15) is 32.3 Å². The molecule has 1 N–H and O–H groups in total. The molecule has 1 fully saturated rings. The highest BCUT2D eigenvalue weighted by atomic mass is 32.2. The Balaban J connectivity index is 1.28. The average molecular weight is 676 g/mol. The number of fused-ring (bicyclic) bond motifs is 3. The number of amides is 3. The van der Waals surface area contributed by atoms with Crippen LogP contribution < -0.4 is 19.8 Å². The Morgan fingerprint density at radius 2 is 1.64 bits per heavy atom. The summed E-state index contributed by atoms with van der Waals surface area (Å²) in [6, 6.07) is 23.9. The normalized spacial score (nSPS) is 19.1. The molecule has 47 heavy (non-hydrogen) atoms. The van der Waals surface area contributed by atoms with Crippen molar-refractivity contribution in [3.05, 3.63) is 117 Å². The van der Waals surface area contributed by atoms with Gasteiger partial charge in [-0.05, 0) is 47.3 Å². The Hall–Kier alpha value is -4.88. The van der Waals surface area contributed by atoms with Crippen molar-refractivity contribution in [3.8, 4) is 5.75 Å². The summed E-state index contributed by atoms with van der Waals surface area (Å²) in [6.07, 6.45) is -4.68. The van der Waals surface area contributed by atoms with Gasteiger partial charge < -0.3 is 10.1 Å². The molecule has 1 aromatic heterocycles. The number of benzene rings is 4. The molecule has 3 amide bonds. The van der Waals surface area contributed by atoms with E-state index in [1.165, 1.54) is 17.7 Å². The lowest BCUT2D eigenvalue weighted by molar-refractivity contribution is -0.137. The van der Waals surface area contributed by atoms with Gasteiger partial charge in [0.1, 0.15) is 17.5 Å². The van der Waals surface area contributed by atoms with Crippen LogP contribution in [0.1, 0.15) is 21.9 Å². The van der Waals surface area contributed by atoms with Gasteiger partial charge in [0.05, 0.1) is 29.3 Å². The lowest BCUT2D eigenvalue weighted by atomic mass is 9.83. The smallest absolute Gasteiger partial charge is 0.416 e. The molecule has 3 heterocycles. The van der Waals surface area contributed by atoms with Crippen molar-refractivity contribution < 1.29 is 32.3 Å². The van der Waals surface area contributed by atoms with Crippen molar-refractivity contribution in [2.75, 3.05) is 17.3 Å². The van der Waals surface area contributed by atoms with Crippen molar-refractivity contribution in [1.82, 2.24) is 4.57 Å². The molecular weight excluding hydrogens is 652 g/mol. The lowest BCUT2D eigenvalue weighted by Gasteiger charge is -2.30. The highest BCUT2D eigenvalue weighted by Crippen LogP contribution is 2.54. The Bertz CT molecular complexity index is 2120. The molecule has 4 aromatic carbocycles. The molecule has 7 rings (SSSR count). The van der Waals surface area contributed by atoms with Crippen LogP contribution in [0.2, 0.25) is 0 Å². The summed E-state index contributed by atoms with van der Waals surface area (Å²) in [7, 11) is 1.50. The van der Waals surface area contributed by atoms with Gasteiger partial charge in [0.15, 0.2) is 0 Å². The summed E-state index contributed by atoms with van der Waals surface area (Å²) in [4.78, 5) is 55.7. The molecule has 1 saturated heterocycles. The number of anilines is 2. The Morgan fingerprint density at radius 1 is 0.915 bits per heavy atom.